The van der Waals surface area contributed by atoms with Gasteiger partial charge in [0.15, 0.2) is 0 Å². The van der Waals surface area contributed by atoms with E-state index in [0.29, 0.717) is 6.54 Å². The Balaban J connectivity index is 2.24. The first kappa shape index (κ1) is 12.7. The van der Waals surface area contributed by atoms with Crippen molar-refractivity contribution >= 4 is 11.8 Å². The van der Waals surface area contributed by atoms with Crippen LogP contribution in [-0.4, -0.2) is 25.3 Å². The van der Waals surface area contributed by atoms with Crippen LogP contribution in [0.4, 0.5) is 10.5 Å². The van der Waals surface area contributed by atoms with Gasteiger partial charge in [-0.05, 0) is 39.3 Å². The van der Waals surface area contributed by atoms with Crippen LogP contribution in [0.3, 0.4) is 0 Å². The molecule has 0 atom stereocenters. The average molecular weight is 249 g/mol. The Morgan fingerprint density at radius 1 is 1.33 bits per heavy atom. The number of hydrogen-bond acceptors (Lipinski definition) is 3. The Kier molecular flexibility index (Phi) is 3.20. The van der Waals surface area contributed by atoms with Crippen LogP contribution < -0.4 is 9.64 Å². The Morgan fingerprint density at radius 2 is 2.06 bits per heavy atom. The first-order valence-electron chi connectivity index (χ1n) is 6.09. The molecule has 0 aromatic heterocycles. The van der Waals surface area contributed by atoms with Crippen LogP contribution in [0.15, 0.2) is 18.2 Å². The number of amides is 1. The van der Waals surface area contributed by atoms with E-state index in [4.69, 9.17) is 9.47 Å². The van der Waals surface area contributed by atoms with E-state index in [1.807, 2.05) is 39.0 Å². The van der Waals surface area contributed by atoms with Crippen LogP contribution in [0.5, 0.6) is 5.75 Å². The average Bonchev–Trinajstić information content (AvgIpc) is 2.69. The molecule has 1 aromatic carbocycles. The fraction of sp³-hybridized carbons (Fsp3) is 0.500. The molecule has 4 heteroatoms. The van der Waals surface area contributed by atoms with E-state index in [-0.39, 0.29) is 6.09 Å². The molecule has 1 aliphatic heterocycles. The monoisotopic (exact) mass is 249 g/mol. The van der Waals surface area contributed by atoms with Crippen molar-refractivity contribution in [3.05, 3.63) is 23.8 Å². The van der Waals surface area contributed by atoms with Crippen LogP contribution in [0, 0.1) is 0 Å². The summed E-state index contributed by atoms with van der Waals surface area (Å²) in [5.41, 5.74) is 1.49. The highest BCUT2D eigenvalue weighted by molar-refractivity contribution is 5.91. The van der Waals surface area contributed by atoms with Gasteiger partial charge in [0.25, 0.3) is 0 Å². The molecule has 0 N–H and O–H groups in total. The van der Waals surface area contributed by atoms with Gasteiger partial charge in [-0.15, -0.1) is 0 Å². The number of benzene rings is 1. The van der Waals surface area contributed by atoms with Crippen LogP contribution in [-0.2, 0) is 11.2 Å². The third-order valence-corrected chi connectivity index (χ3v) is 2.82. The van der Waals surface area contributed by atoms with Gasteiger partial charge in [0.1, 0.15) is 11.4 Å². The van der Waals surface area contributed by atoms with Crippen molar-refractivity contribution in [2.45, 2.75) is 32.8 Å². The van der Waals surface area contributed by atoms with E-state index < -0.39 is 5.60 Å². The molecular weight excluding hydrogens is 230 g/mol. The molecule has 1 amide bonds. The number of carbonyl (C=O) groups excluding carboxylic acids is 1. The molecule has 0 spiro atoms. The van der Waals surface area contributed by atoms with Crippen molar-refractivity contribution in [1.29, 1.82) is 0 Å². The first-order chi connectivity index (χ1) is 8.42. The highest BCUT2D eigenvalue weighted by Crippen LogP contribution is 2.35. The lowest BCUT2D eigenvalue weighted by Crippen LogP contribution is -2.35. The van der Waals surface area contributed by atoms with Gasteiger partial charge in [-0.2, -0.15) is 0 Å². The summed E-state index contributed by atoms with van der Waals surface area (Å²) >= 11 is 0. The lowest BCUT2D eigenvalue weighted by molar-refractivity contribution is 0.0584. The van der Waals surface area contributed by atoms with Gasteiger partial charge in [-0.3, -0.25) is 4.90 Å². The normalized spacial score (nSPS) is 14.3. The second-order valence-corrected chi connectivity index (χ2v) is 5.34. The molecule has 98 valence electrons. The molecule has 4 nitrogen and oxygen atoms in total. The largest absolute Gasteiger partial charge is 0.496 e. The van der Waals surface area contributed by atoms with Gasteiger partial charge >= 0.3 is 6.09 Å². The molecule has 1 aliphatic rings. The van der Waals surface area contributed by atoms with E-state index in [2.05, 4.69) is 0 Å². The maximum absolute atomic E-state index is 12.1. The summed E-state index contributed by atoms with van der Waals surface area (Å²) in [6.07, 6.45) is 0.507. The number of methoxy groups -OCH3 is 1. The minimum Gasteiger partial charge on any atom is -0.496 e. The van der Waals surface area contributed by atoms with Crippen molar-refractivity contribution < 1.29 is 14.3 Å². The fourth-order valence-corrected chi connectivity index (χ4v) is 2.10. The van der Waals surface area contributed by atoms with E-state index in [1.165, 1.54) is 0 Å². The van der Waals surface area contributed by atoms with Gasteiger partial charge in [0.2, 0.25) is 0 Å². The number of hydrogen-bond donors (Lipinski definition) is 0. The number of carbonyl (C=O) groups is 1. The Morgan fingerprint density at radius 3 is 2.67 bits per heavy atom. The number of anilines is 1. The highest BCUT2D eigenvalue weighted by Gasteiger charge is 2.30. The van der Waals surface area contributed by atoms with E-state index in [9.17, 15) is 4.79 Å². The summed E-state index contributed by atoms with van der Waals surface area (Å²) < 4.78 is 10.7. The third-order valence-electron chi connectivity index (χ3n) is 2.82. The summed E-state index contributed by atoms with van der Waals surface area (Å²) in [4.78, 5) is 13.8. The van der Waals surface area contributed by atoms with Gasteiger partial charge in [-0.1, -0.05) is 6.07 Å². The smallest absolute Gasteiger partial charge is 0.414 e. The SMILES string of the molecule is COc1cccc2c1CCN2C(=O)OC(C)(C)C. The highest BCUT2D eigenvalue weighted by atomic mass is 16.6. The second-order valence-electron chi connectivity index (χ2n) is 5.34. The molecule has 0 aliphatic carbocycles. The van der Waals surface area contributed by atoms with Crippen LogP contribution >= 0.6 is 0 Å². The topological polar surface area (TPSA) is 38.8 Å². The summed E-state index contributed by atoms with van der Waals surface area (Å²) in [5, 5.41) is 0. The van der Waals surface area contributed by atoms with Crippen LogP contribution in [0.25, 0.3) is 0 Å². The molecule has 0 unspecified atom stereocenters. The van der Waals surface area contributed by atoms with Crippen molar-refractivity contribution in [3.63, 3.8) is 0 Å². The van der Waals surface area contributed by atoms with E-state index in [1.54, 1.807) is 12.0 Å². The molecule has 0 radical (unpaired) electrons. The summed E-state index contributed by atoms with van der Waals surface area (Å²) in [5.74, 6) is 0.832. The van der Waals surface area contributed by atoms with Gasteiger partial charge in [0.05, 0.1) is 12.8 Å². The summed E-state index contributed by atoms with van der Waals surface area (Å²) in [6, 6.07) is 5.73. The number of ether oxygens (including phenoxy) is 2. The molecule has 18 heavy (non-hydrogen) atoms. The standard InChI is InChI=1S/C14H19NO3/c1-14(2,3)18-13(16)15-9-8-10-11(15)6-5-7-12(10)17-4/h5-7H,8-9H2,1-4H3. The van der Waals surface area contributed by atoms with E-state index in [0.717, 1.165) is 23.4 Å². The molecule has 0 saturated carbocycles. The van der Waals surface area contributed by atoms with Gasteiger partial charge in [0, 0.05) is 12.1 Å². The summed E-state index contributed by atoms with van der Waals surface area (Å²) in [7, 11) is 1.64. The minimum absolute atomic E-state index is 0.297. The third kappa shape index (κ3) is 2.42. The van der Waals surface area contributed by atoms with Crippen LogP contribution in [0.1, 0.15) is 26.3 Å². The Hall–Kier alpha value is -1.71. The van der Waals surface area contributed by atoms with Gasteiger partial charge in [-0.25, -0.2) is 4.79 Å². The lowest BCUT2D eigenvalue weighted by Gasteiger charge is -2.24. The predicted octanol–water partition coefficient (Wildman–Crippen LogP) is 2.99. The molecule has 1 aromatic rings. The van der Waals surface area contributed by atoms with Crippen molar-refractivity contribution in [1.82, 2.24) is 0 Å². The molecule has 0 saturated heterocycles. The predicted molar refractivity (Wildman–Crippen MR) is 70.3 cm³/mol. The fourth-order valence-electron chi connectivity index (χ4n) is 2.10. The lowest BCUT2D eigenvalue weighted by atomic mass is 10.1. The molecule has 0 fully saturated rings. The minimum atomic E-state index is -0.474. The quantitative estimate of drug-likeness (QED) is 0.768. The maximum atomic E-state index is 12.1. The zero-order chi connectivity index (χ0) is 13.3. The second kappa shape index (κ2) is 4.52. The zero-order valence-electron chi connectivity index (χ0n) is 11.3. The van der Waals surface area contributed by atoms with Crippen molar-refractivity contribution in [2.24, 2.45) is 0 Å². The maximum Gasteiger partial charge on any atom is 0.414 e. The van der Waals surface area contributed by atoms with Gasteiger partial charge < -0.3 is 9.47 Å². The molecular formula is C14H19NO3. The Bertz CT molecular complexity index is 463. The van der Waals surface area contributed by atoms with Crippen molar-refractivity contribution in [3.8, 4) is 5.75 Å². The first-order valence-corrected chi connectivity index (χ1v) is 6.09. The van der Waals surface area contributed by atoms with Crippen molar-refractivity contribution in [2.75, 3.05) is 18.6 Å². The number of nitrogens with zero attached hydrogens (tertiary/aromatic N) is 1. The molecule has 0 bridgehead atoms. The molecule has 1 heterocycles. The number of rotatable bonds is 1. The number of fused-ring (bicyclic) bond motifs is 1. The Labute approximate surface area is 107 Å². The van der Waals surface area contributed by atoms with Crippen LogP contribution in [0.2, 0.25) is 0 Å². The van der Waals surface area contributed by atoms with E-state index >= 15 is 0 Å². The summed E-state index contributed by atoms with van der Waals surface area (Å²) in [6.45, 7) is 6.25. The molecule has 2 rings (SSSR count). The zero-order valence-corrected chi connectivity index (χ0v) is 11.3.